The number of carboxylic acid groups (broad SMARTS) is 1. The number of aryl methyl sites for hydroxylation is 1. The summed E-state index contributed by atoms with van der Waals surface area (Å²) in [6, 6.07) is 0. The number of carbonyl (C=O) groups is 1. The van der Waals surface area contributed by atoms with E-state index in [1.807, 2.05) is 0 Å². The van der Waals surface area contributed by atoms with Gasteiger partial charge in [0.15, 0.2) is 11.4 Å². The lowest BCUT2D eigenvalue weighted by Gasteiger charge is -2.22. The van der Waals surface area contributed by atoms with Gasteiger partial charge in [0.2, 0.25) is 0 Å². The van der Waals surface area contributed by atoms with Gasteiger partial charge in [0.1, 0.15) is 0 Å². The maximum Gasteiger partial charge on any atom is 0.358 e. The molecule has 0 bridgehead atoms. The van der Waals surface area contributed by atoms with Gasteiger partial charge < -0.3 is 9.84 Å². The smallest absolute Gasteiger partial charge is 0.358 e. The van der Waals surface area contributed by atoms with Gasteiger partial charge in [0.05, 0.1) is 12.3 Å². The minimum Gasteiger partial charge on any atom is -0.486 e. The van der Waals surface area contributed by atoms with Crippen LogP contribution in [0.15, 0.2) is 6.20 Å². The minimum absolute atomic E-state index is 0.130. The van der Waals surface area contributed by atoms with Crippen molar-refractivity contribution in [3.05, 3.63) is 11.9 Å². The topological polar surface area (TPSA) is 64.4 Å². The number of nitrogens with zero attached hydrogens (tertiary/aromatic N) is 2. The maximum atomic E-state index is 11.0. The van der Waals surface area contributed by atoms with E-state index in [1.54, 1.807) is 7.05 Å². The van der Waals surface area contributed by atoms with E-state index in [4.69, 9.17) is 9.84 Å². The molecule has 5 heteroatoms. The molecule has 0 saturated heterocycles. The molecule has 0 unspecified atom stereocenters. The molecule has 16 heavy (non-hydrogen) atoms. The monoisotopic (exact) mass is 224 g/mol. The number of carboxylic acids is 1. The zero-order chi connectivity index (χ0) is 11.5. The van der Waals surface area contributed by atoms with Crippen LogP contribution in [0.4, 0.5) is 0 Å². The molecule has 0 radical (unpaired) electrons. The van der Waals surface area contributed by atoms with Crippen LogP contribution < -0.4 is 4.74 Å². The van der Waals surface area contributed by atoms with Crippen molar-refractivity contribution >= 4 is 5.97 Å². The highest BCUT2D eigenvalue weighted by atomic mass is 16.5. The summed E-state index contributed by atoms with van der Waals surface area (Å²) in [7, 11) is 1.61. The third kappa shape index (κ3) is 2.18. The number of hydrogen-bond acceptors (Lipinski definition) is 3. The Labute approximate surface area is 94.0 Å². The fraction of sp³-hybridized carbons (Fsp3) is 0.636. The van der Waals surface area contributed by atoms with Gasteiger partial charge in [-0.1, -0.05) is 6.42 Å². The van der Waals surface area contributed by atoms with E-state index in [1.165, 1.54) is 17.3 Å². The molecular weight excluding hydrogens is 208 g/mol. The first-order chi connectivity index (χ1) is 7.68. The molecule has 1 saturated carbocycles. The zero-order valence-corrected chi connectivity index (χ0v) is 9.35. The summed E-state index contributed by atoms with van der Waals surface area (Å²) in [6.07, 6.45) is 7.22. The van der Waals surface area contributed by atoms with E-state index >= 15 is 0 Å². The Morgan fingerprint density at radius 1 is 1.50 bits per heavy atom. The summed E-state index contributed by atoms with van der Waals surface area (Å²) in [6.45, 7) is 0. The molecule has 0 spiro atoms. The largest absolute Gasteiger partial charge is 0.486 e. The van der Waals surface area contributed by atoms with Crippen molar-refractivity contribution < 1.29 is 14.6 Å². The number of rotatable bonds is 3. The highest BCUT2D eigenvalue weighted by Gasteiger charge is 2.21. The van der Waals surface area contributed by atoms with Crippen LogP contribution in [0.25, 0.3) is 0 Å². The molecule has 1 aromatic rings. The molecule has 1 N–H and O–H groups in total. The summed E-state index contributed by atoms with van der Waals surface area (Å²) >= 11 is 0. The van der Waals surface area contributed by atoms with Gasteiger partial charge in [-0.2, -0.15) is 5.10 Å². The fourth-order valence-electron chi connectivity index (χ4n) is 2.11. The maximum absolute atomic E-state index is 11.0. The van der Waals surface area contributed by atoms with E-state index in [-0.39, 0.29) is 11.8 Å². The first-order valence-electron chi connectivity index (χ1n) is 5.60. The third-order valence-electron chi connectivity index (χ3n) is 2.95. The van der Waals surface area contributed by atoms with Crippen LogP contribution in [0.3, 0.4) is 0 Å². The van der Waals surface area contributed by atoms with Crippen LogP contribution in [-0.2, 0) is 7.05 Å². The molecule has 0 aliphatic heterocycles. The standard InChI is InChI=1S/C11H16N2O3/c1-13-10(11(14)15)9(7-12-13)16-8-5-3-2-4-6-8/h7-8H,2-6H2,1H3,(H,14,15). The van der Waals surface area contributed by atoms with Gasteiger partial charge >= 0.3 is 5.97 Å². The van der Waals surface area contributed by atoms with Gasteiger partial charge in [-0.15, -0.1) is 0 Å². The summed E-state index contributed by atoms with van der Waals surface area (Å²) in [4.78, 5) is 11.0. The summed E-state index contributed by atoms with van der Waals surface area (Å²) in [5.74, 6) is -0.604. The SMILES string of the molecule is Cn1ncc(OC2CCCCC2)c1C(=O)O. The number of aromatic carboxylic acids is 1. The van der Waals surface area contributed by atoms with Crippen molar-refractivity contribution in [2.45, 2.75) is 38.2 Å². The number of aromatic nitrogens is 2. The summed E-state index contributed by atoms with van der Waals surface area (Å²) in [5, 5.41) is 12.9. The molecule has 0 atom stereocenters. The van der Waals surface area contributed by atoms with Crippen molar-refractivity contribution in [3.63, 3.8) is 0 Å². The molecule has 2 rings (SSSR count). The number of ether oxygens (including phenoxy) is 1. The molecule has 1 aliphatic carbocycles. The Hall–Kier alpha value is -1.52. The normalized spacial score (nSPS) is 17.3. The van der Waals surface area contributed by atoms with E-state index in [0.717, 1.165) is 25.7 Å². The Balaban J connectivity index is 2.11. The lowest BCUT2D eigenvalue weighted by atomic mass is 9.98. The van der Waals surface area contributed by atoms with E-state index in [0.29, 0.717) is 5.75 Å². The highest BCUT2D eigenvalue weighted by Crippen LogP contribution is 2.25. The quantitative estimate of drug-likeness (QED) is 0.850. The molecule has 0 amide bonds. The summed E-state index contributed by atoms with van der Waals surface area (Å²) in [5.41, 5.74) is 0.130. The lowest BCUT2D eigenvalue weighted by molar-refractivity contribution is 0.0674. The average molecular weight is 224 g/mol. The van der Waals surface area contributed by atoms with Crippen LogP contribution >= 0.6 is 0 Å². The second-order valence-corrected chi connectivity index (χ2v) is 4.16. The number of hydrogen-bond donors (Lipinski definition) is 1. The Bertz CT molecular complexity index is 381. The predicted octanol–water partition coefficient (Wildman–Crippen LogP) is 1.83. The van der Waals surface area contributed by atoms with E-state index in [9.17, 15) is 4.79 Å². The molecular formula is C11H16N2O3. The van der Waals surface area contributed by atoms with E-state index < -0.39 is 5.97 Å². The van der Waals surface area contributed by atoms with E-state index in [2.05, 4.69) is 5.10 Å². The lowest BCUT2D eigenvalue weighted by Crippen LogP contribution is -2.20. The predicted molar refractivity (Wildman–Crippen MR) is 57.7 cm³/mol. The second-order valence-electron chi connectivity index (χ2n) is 4.16. The van der Waals surface area contributed by atoms with Crippen LogP contribution in [0.2, 0.25) is 0 Å². The Kier molecular flexibility index (Phi) is 3.12. The van der Waals surface area contributed by atoms with Gasteiger partial charge in [-0.3, -0.25) is 4.68 Å². The van der Waals surface area contributed by atoms with Crippen LogP contribution in [0.5, 0.6) is 5.75 Å². The van der Waals surface area contributed by atoms with Gasteiger partial charge in [-0.25, -0.2) is 4.79 Å². The first kappa shape index (κ1) is 11.0. The van der Waals surface area contributed by atoms with Crippen LogP contribution in [0, 0.1) is 0 Å². The van der Waals surface area contributed by atoms with Gasteiger partial charge in [0, 0.05) is 7.05 Å². The van der Waals surface area contributed by atoms with Gasteiger partial charge in [0.25, 0.3) is 0 Å². The van der Waals surface area contributed by atoms with Crippen molar-refractivity contribution in [2.24, 2.45) is 7.05 Å². The van der Waals surface area contributed by atoms with Crippen LogP contribution in [-0.4, -0.2) is 27.0 Å². The molecule has 1 aliphatic rings. The van der Waals surface area contributed by atoms with Crippen molar-refractivity contribution in [1.82, 2.24) is 9.78 Å². The third-order valence-corrected chi connectivity index (χ3v) is 2.95. The first-order valence-corrected chi connectivity index (χ1v) is 5.60. The van der Waals surface area contributed by atoms with Crippen molar-refractivity contribution in [1.29, 1.82) is 0 Å². The summed E-state index contributed by atoms with van der Waals surface area (Å²) < 4.78 is 7.04. The molecule has 0 aromatic carbocycles. The Morgan fingerprint density at radius 2 is 2.19 bits per heavy atom. The Morgan fingerprint density at radius 3 is 2.81 bits per heavy atom. The fourth-order valence-corrected chi connectivity index (χ4v) is 2.11. The zero-order valence-electron chi connectivity index (χ0n) is 9.35. The highest BCUT2D eigenvalue weighted by molar-refractivity contribution is 5.88. The molecule has 1 aromatic heterocycles. The second kappa shape index (κ2) is 4.55. The molecule has 5 nitrogen and oxygen atoms in total. The molecule has 88 valence electrons. The van der Waals surface area contributed by atoms with Crippen LogP contribution in [0.1, 0.15) is 42.6 Å². The van der Waals surface area contributed by atoms with Crippen molar-refractivity contribution in [2.75, 3.05) is 0 Å². The average Bonchev–Trinajstić information content (AvgIpc) is 2.61. The minimum atomic E-state index is -0.995. The van der Waals surface area contributed by atoms with Crippen molar-refractivity contribution in [3.8, 4) is 5.75 Å². The molecule has 1 fully saturated rings. The molecule has 1 heterocycles. The van der Waals surface area contributed by atoms with Gasteiger partial charge in [-0.05, 0) is 25.7 Å².